The van der Waals surface area contributed by atoms with E-state index in [2.05, 4.69) is 16.7 Å². The van der Waals surface area contributed by atoms with Gasteiger partial charge in [0.1, 0.15) is 16.7 Å². The predicted octanol–water partition coefficient (Wildman–Crippen LogP) is 5.77. The van der Waals surface area contributed by atoms with Crippen LogP contribution in [0, 0.1) is 11.3 Å². The van der Waals surface area contributed by atoms with Crippen molar-refractivity contribution in [3.8, 4) is 6.07 Å². The summed E-state index contributed by atoms with van der Waals surface area (Å²) in [6.45, 7) is 10.0. The smallest absolute Gasteiger partial charge is 0.410 e. The molecule has 1 aliphatic heterocycles. The van der Waals surface area contributed by atoms with Crippen molar-refractivity contribution in [1.82, 2.24) is 4.90 Å². The van der Waals surface area contributed by atoms with Gasteiger partial charge in [-0.2, -0.15) is 5.26 Å². The molecule has 2 N–H and O–H groups in total. The average Bonchev–Trinajstić information content (AvgIpc) is 3.14. The number of anilines is 2. The van der Waals surface area contributed by atoms with Crippen LogP contribution in [0.5, 0.6) is 0 Å². The molecule has 3 rings (SSSR count). The zero-order chi connectivity index (χ0) is 26.5. The topological polar surface area (TPSA) is 112 Å². The Balaban J connectivity index is 1.67. The fraction of sp³-hybridized carbons (Fsp3) is 0.462. The molecule has 0 fully saturated rings. The van der Waals surface area contributed by atoms with Crippen LogP contribution in [0.25, 0.3) is 0 Å². The molecule has 1 atom stereocenters. The number of thioether (sulfide) groups is 1. The molecule has 2 aromatic rings. The van der Waals surface area contributed by atoms with E-state index in [9.17, 15) is 19.6 Å². The second kappa shape index (κ2) is 11.8. The fourth-order valence-electron chi connectivity index (χ4n) is 3.66. The van der Waals surface area contributed by atoms with Crippen molar-refractivity contribution in [2.75, 3.05) is 17.2 Å². The molecule has 1 aromatic carbocycles. The number of thiophene rings is 1. The molecular weight excluding hydrogens is 496 g/mol. The molecule has 10 heteroatoms. The lowest BCUT2D eigenvalue weighted by Crippen LogP contribution is -2.39. The summed E-state index contributed by atoms with van der Waals surface area (Å²) in [5.74, 6) is -0.263. The van der Waals surface area contributed by atoms with E-state index in [1.54, 1.807) is 11.8 Å². The van der Waals surface area contributed by atoms with Gasteiger partial charge in [0.2, 0.25) is 11.8 Å². The van der Waals surface area contributed by atoms with Gasteiger partial charge < -0.3 is 20.3 Å². The Morgan fingerprint density at radius 1 is 1.28 bits per heavy atom. The zero-order valence-electron chi connectivity index (χ0n) is 21.3. The Kier molecular flexibility index (Phi) is 9.03. The van der Waals surface area contributed by atoms with E-state index in [1.165, 1.54) is 23.1 Å². The SMILES string of the molecule is CCCC(=O)Nc1cccc(SC(C)C(=O)Nc2sc3c(c2C#N)CCN(C(=O)OC(C)(C)C)C3)c1. The highest BCUT2D eigenvalue weighted by Crippen LogP contribution is 2.37. The van der Waals surface area contributed by atoms with Crippen LogP contribution in [-0.2, 0) is 27.3 Å². The molecule has 0 saturated carbocycles. The maximum Gasteiger partial charge on any atom is 0.410 e. The number of carbonyl (C=O) groups excluding carboxylic acids is 3. The highest BCUT2D eigenvalue weighted by molar-refractivity contribution is 8.00. The quantitative estimate of drug-likeness (QED) is 0.441. The van der Waals surface area contributed by atoms with E-state index in [0.717, 1.165) is 21.8 Å². The van der Waals surface area contributed by atoms with E-state index in [-0.39, 0.29) is 17.9 Å². The largest absolute Gasteiger partial charge is 0.444 e. The number of ether oxygens (including phenoxy) is 1. The molecule has 2 heterocycles. The highest BCUT2D eigenvalue weighted by Gasteiger charge is 2.30. The Morgan fingerprint density at radius 3 is 2.69 bits per heavy atom. The first-order valence-corrected chi connectivity index (χ1v) is 13.6. The van der Waals surface area contributed by atoms with E-state index >= 15 is 0 Å². The first-order valence-electron chi connectivity index (χ1n) is 11.9. The van der Waals surface area contributed by atoms with Crippen LogP contribution < -0.4 is 10.6 Å². The second-order valence-corrected chi connectivity index (χ2v) is 12.1. The van der Waals surface area contributed by atoms with Gasteiger partial charge >= 0.3 is 6.09 Å². The van der Waals surface area contributed by atoms with Crippen molar-refractivity contribution in [2.24, 2.45) is 0 Å². The monoisotopic (exact) mass is 528 g/mol. The van der Waals surface area contributed by atoms with E-state index in [0.29, 0.717) is 42.2 Å². The Labute approximate surface area is 220 Å². The number of hydrogen-bond acceptors (Lipinski definition) is 7. The average molecular weight is 529 g/mol. The lowest BCUT2D eigenvalue weighted by atomic mass is 10.0. The molecular formula is C26H32N4O4S2. The molecule has 0 spiro atoms. The maximum absolute atomic E-state index is 13.0. The van der Waals surface area contributed by atoms with Crippen LogP contribution in [0.1, 0.15) is 63.5 Å². The highest BCUT2D eigenvalue weighted by atomic mass is 32.2. The molecule has 1 aliphatic rings. The van der Waals surface area contributed by atoms with Crippen molar-refractivity contribution in [2.45, 2.75) is 76.2 Å². The molecule has 0 radical (unpaired) electrons. The number of hydrogen-bond donors (Lipinski definition) is 2. The van der Waals surface area contributed by atoms with Gasteiger partial charge in [-0.05, 0) is 64.3 Å². The molecule has 8 nitrogen and oxygen atoms in total. The summed E-state index contributed by atoms with van der Waals surface area (Å²) in [5, 5.41) is 15.6. The number of nitrogens with zero attached hydrogens (tertiary/aromatic N) is 2. The van der Waals surface area contributed by atoms with E-state index in [4.69, 9.17) is 4.74 Å². The number of rotatable bonds is 7. The third kappa shape index (κ3) is 7.24. The Bertz CT molecular complexity index is 1180. The van der Waals surface area contributed by atoms with Crippen LogP contribution in [0.3, 0.4) is 0 Å². The summed E-state index contributed by atoms with van der Waals surface area (Å²) in [6, 6.07) is 9.62. The zero-order valence-corrected chi connectivity index (χ0v) is 22.9. The first-order chi connectivity index (χ1) is 17.0. The third-order valence-corrected chi connectivity index (χ3v) is 7.56. The van der Waals surface area contributed by atoms with Gasteiger partial charge in [-0.1, -0.05) is 13.0 Å². The molecule has 1 unspecified atom stereocenters. The molecule has 0 aliphatic carbocycles. The van der Waals surface area contributed by atoms with Gasteiger partial charge in [-0.25, -0.2) is 4.79 Å². The normalized spacial score (nSPS) is 13.8. The Hall–Kier alpha value is -3.03. The summed E-state index contributed by atoms with van der Waals surface area (Å²) in [5.41, 5.74) is 1.45. The number of benzene rings is 1. The molecule has 192 valence electrons. The van der Waals surface area contributed by atoms with Crippen molar-refractivity contribution in [1.29, 1.82) is 5.26 Å². The van der Waals surface area contributed by atoms with E-state index < -0.39 is 10.9 Å². The van der Waals surface area contributed by atoms with E-state index in [1.807, 2.05) is 52.0 Å². The minimum atomic E-state index is -0.585. The summed E-state index contributed by atoms with van der Waals surface area (Å²) < 4.78 is 5.48. The van der Waals surface area contributed by atoms with Gasteiger partial charge in [0, 0.05) is 28.4 Å². The van der Waals surface area contributed by atoms with Crippen LogP contribution in [0.15, 0.2) is 29.2 Å². The minimum absolute atomic E-state index is 0.0404. The number of nitriles is 1. The lowest BCUT2D eigenvalue weighted by molar-refractivity contribution is -0.116. The summed E-state index contributed by atoms with van der Waals surface area (Å²) >= 11 is 2.70. The van der Waals surface area contributed by atoms with Crippen LogP contribution in [0.4, 0.5) is 15.5 Å². The number of nitrogens with one attached hydrogen (secondary N) is 2. The van der Waals surface area contributed by atoms with Gasteiger partial charge in [0.15, 0.2) is 0 Å². The Morgan fingerprint density at radius 2 is 2.03 bits per heavy atom. The van der Waals surface area contributed by atoms with Gasteiger partial charge in [-0.15, -0.1) is 23.1 Å². The summed E-state index contributed by atoms with van der Waals surface area (Å²) in [7, 11) is 0. The van der Waals surface area contributed by atoms with Crippen molar-refractivity contribution >= 4 is 51.7 Å². The second-order valence-electron chi connectivity index (χ2n) is 9.55. The first kappa shape index (κ1) is 27.6. The van der Waals surface area contributed by atoms with Crippen molar-refractivity contribution in [3.63, 3.8) is 0 Å². The number of carbonyl (C=O) groups is 3. The van der Waals surface area contributed by atoms with Crippen molar-refractivity contribution < 1.29 is 19.1 Å². The summed E-state index contributed by atoms with van der Waals surface area (Å²) in [4.78, 5) is 40.7. The molecule has 36 heavy (non-hydrogen) atoms. The standard InChI is InChI=1S/C26H32N4O4S2/c1-6-8-22(31)28-17-9-7-10-18(13-17)35-16(2)23(32)29-24-20(14-27)19-11-12-30(15-21(19)36-24)25(33)34-26(3,4)5/h7,9-10,13,16H,6,8,11-12,15H2,1-5H3,(H,28,31)(H,29,32). The van der Waals surface area contributed by atoms with Crippen LogP contribution in [-0.4, -0.2) is 40.2 Å². The van der Waals surface area contributed by atoms with Gasteiger partial charge in [0.25, 0.3) is 0 Å². The van der Waals surface area contributed by atoms with Crippen LogP contribution in [0.2, 0.25) is 0 Å². The molecule has 0 bridgehead atoms. The minimum Gasteiger partial charge on any atom is -0.444 e. The lowest BCUT2D eigenvalue weighted by Gasteiger charge is -2.29. The fourth-order valence-corrected chi connectivity index (χ4v) is 5.80. The number of fused-ring (bicyclic) bond motifs is 1. The van der Waals surface area contributed by atoms with Crippen LogP contribution >= 0.6 is 23.1 Å². The molecule has 1 aromatic heterocycles. The maximum atomic E-state index is 13.0. The third-order valence-electron chi connectivity index (χ3n) is 5.33. The molecule has 0 saturated heterocycles. The van der Waals surface area contributed by atoms with Gasteiger partial charge in [0.05, 0.1) is 17.4 Å². The van der Waals surface area contributed by atoms with Crippen molar-refractivity contribution in [3.05, 3.63) is 40.3 Å². The predicted molar refractivity (Wildman–Crippen MR) is 143 cm³/mol. The van der Waals surface area contributed by atoms with Gasteiger partial charge in [-0.3, -0.25) is 9.59 Å². The summed E-state index contributed by atoms with van der Waals surface area (Å²) in [6.07, 6.45) is 1.37. The number of amides is 3. The molecule has 3 amide bonds.